The van der Waals surface area contributed by atoms with Gasteiger partial charge in [-0.05, 0) is 47.4 Å². The van der Waals surface area contributed by atoms with Crippen molar-refractivity contribution in [3.8, 4) is 11.5 Å². The van der Waals surface area contributed by atoms with Crippen LogP contribution in [0.3, 0.4) is 0 Å². The lowest BCUT2D eigenvalue weighted by molar-refractivity contribution is -0.120. The molecule has 29 heavy (non-hydrogen) atoms. The Balaban J connectivity index is 1.52. The van der Waals surface area contributed by atoms with E-state index in [4.69, 9.17) is 15.2 Å². The molecule has 0 radical (unpaired) electrons. The highest BCUT2D eigenvalue weighted by atomic mass is 16.5. The number of carbonyl (C=O) groups is 1. The first-order chi connectivity index (χ1) is 14.1. The quantitative estimate of drug-likeness (QED) is 0.556. The van der Waals surface area contributed by atoms with Crippen molar-refractivity contribution in [2.45, 2.75) is 25.6 Å². The Kier molecular flexibility index (Phi) is 7.25. The molecule has 0 aromatic heterocycles. The molecular weight excluding hydrogens is 364 g/mol. The molecule has 0 spiro atoms. The van der Waals surface area contributed by atoms with Crippen LogP contribution in [0.1, 0.15) is 16.7 Å². The van der Waals surface area contributed by atoms with Crippen LogP contribution in [0.25, 0.3) is 0 Å². The first-order valence-corrected chi connectivity index (χ1v) is 9.55. The number of amides is 1. The number of methoxy groups -OCH3 is 1. The average Bonchev–Trinajstić information content (AvgIpc) is 2.76. The molecule has 0 aliphatic heterocycles. The summed E-state index contributed by atoms with van der Waals surface area (Å²) in [5.41, 5.74) is 8.73. The lowest BCUT2D eigenvalue weighted by atomic mass is 10.1. The molecular formula is C24H26N2O3. The molecule has 0 bridgehead atoms. The molecule has 0 heterocycles. The Hall–Kier alpha value is -3.31. The van der Waals surface area contributed by atoms with Crippen LogP contribution in [0.15, 0.2) is 78.9 Å². The van der Waals surface area contributed by atoms with Gasteiger partial charge in [0.15, 0.2) is 0 Å². The summed E-state index contributed by atoms with van der Waals surface area (Å²) in [6.07, 6.45) is 0.567. The van der Waals surface area contributed by atoms with Gasteiger partial charge in [-0.15, -0.1) is 0 Å². The van der Waals surface area contributed by atoms with Crippen molar-refractivity contribution in [3.05, 3.63) is 95.6 Å². The number of rotatable bonds is 10. The van der Waals surface area contributed by atoms with Crippen molar-refractivity contribution >= 4 is 5.91 Å². The minimum absolute atomic E-state index is 0.355. The van der Waals surface area contributed by atoms with Crippen molar-refractivity contribution in [1.82, 2.24) is 5.32 Å². The summed E-state index contributed by atoms with van der Waals surface area (Å²) in [6.45, 7) is 1.02. The highest BCUT2D eigenvalue weighted by Gasteiger charge is 2.15. The van der Waals surface area contributed by atoms with Gasteiger partial charge in [0.2, 0.25) is 5.91 Å². The van der Waals surface area contributed by atoms with Crippen LogP contribution in [0.2, 0.25) is 0 Å². The van der Waals surface area contributed by atoms with Crippen LogP contribution >= 0.6 is 0 Å². The number of ether oxygens (including phenoxy) is 2. The van der Waals surface area contributed by atoms with E-state index in [2.05, 4.69) is 5.32 Å². The van der Waals surface area contributed by atoms with E-state index in [-0.39, 0.29) is 5.91 Å². The third-order valence-electron chi connectivity index (χ3n) is 4.64. The highest BCUT2D eigenvalue weighted by molar-refractivity contribution is 5.80. The van der Waals surface area contributed by atoms with E-state index in [9.17, 15) is 4.79 Å². The summed E-state index contributed by atoms with van der Waals surface area (Å²) in [5.74, 6) is 1.24. The summed E-state index contributed by atoms with van der Waals surface area (Å²) in [5, 5.41) is 3.24. The topological polar surface area (TPSA) is 73.6 Å². The maximum absolute atomic E-state index is 11.8. The zero-order chi connectivity index (χ0) is 20.5. The number of nitrogens with one attached hydrogen (secondary N) is 1. The largest absolute Gasteiger partial charge is 0.497 e. The maximum atomic E-state index is 11.8. The molecule has 1 atom stereocenters. The molecule has 150 valence electrons. The van der Waals surface area contributed by atoms with Crippen molar-refractivity contribution in [2.75, 3.05) is 7.11 Å². The number of hydrogen-bond donors (Lipinski definition) is 2. The fraction of sp³-hybridized carbons (Fsp3) is 0.208. The monoisotopic (exact) mass is 390 g/mol. The summed E-state index contributed by atoms with van der Waals surface area (Å²) in [7, 11) is 1.65. The molecule has 0 aliphatic rings. The fourth-order valence-corrected chi connectivity index (χ4v) is 3.00. The molecule has 3 rings (SSSR count). The second kappa shape index (κ2) is 10.3. The molecule has 3 aromatic rings. The summed E-state index contributed by atoms with van der Waals surface area (Å²) < 4.78 is 11.1. The Morgan fingerprint density at radius 2 is 1.62 bits per heavy atom. The number of primary amides is 1. The van der Waals surface area contributed by atoms with Gasteiger partial charge in [0.25, 0.3) is 0 Å². The van der Waals surface area contributed by atoms with Crippen LogP contribution < -0.4 is 20.5 Å². The van der Waals surface area contributed by atoms with E-state index in [1.807, 2.05) is 78.9 Å². The van der Waals surface area contributed by atoms with Gasteiger partial charge in [0.05, 0.1) is 13.2 Å². The van der Waals surface area contributed by atoms with Crippen molar-refractivity contribution in [3.63, 3.8) is 0 Å². The molecule has 1 unspecified atom stereocenters. The SMILES string of the molecule is COc1cccc(COc2ccc(CNC(Cc3ccccc3)C(N)=O)cc2)c1. The maximum Gasteiger partial charge on any atom is 0.234 e. The molecule has 1 amide bonds. The molecule has 3 aromatic carbocycles. The normalized spacial score (nSPS) is 11.6. The second-order valence-corrected chi connectivity index (χ2v) is 6.81. The predicted molar refractivity (Wildman–Crippen MR) is 114 cm³/mol. The fourth-order valence-electron chi connectivity index (χ4n) is 3.00. The van der Waals surface area contributed by atoms with Crippen molar-refractivity contribution < 1.29 is 14.3 Å². The van der Waals surface area contributed by atoms with Gasteiger partial charge in [-0.25, -0.2) is 0 Å². The standard InChI is InChI=1S/C24H26N2O3/c1-28-22-9-5-8-20(14-22)17-29-21-12-10-19(11-13-21)16-26-23(24(25)27)15-18-6-3-2-4-7-18/h2-14,23,26H,15-17H2,1H3,(H2,25,27). The van der Waals surface area contributed by atoms with E-state index < -0.39 is 6.04 Å². The van der Waals surface area contributed by atoms with Crippen molar-refractivity contribution in [2.24, 2.45) is 5.73 Å². The third kappa shape index (κ3) is 6.36. The van der Waals surface area contributed by atoms with E-state index in [0.29, 0.717) is 19.6 Å². The predicted octanol–water partition coefficient (Wildman–Crippen LogP) is 3.46. The van der Waals surface area contributed by atoms with Crippen LogP contribution in [-0.2, 0) is 24.4 Å². The number of carbonyl (C=O) groups excluding carboxylic acids is 1. The molecule has 0 saturated heterocycles. The Bertz CT molecular complexity index is 911. The van der Waals surface area contributed by atoms with Gasteiger partial charge >= 0.3 is 0 Å². The summed E-state index contributed by atoms with van der Waals surface area (Å²) in [6, 6.07) is 25.0. The van der Waals surface area contributed by atoms with Crippen LogP contribution in [0.5, 0.6) is 11.5 Å². The molecule has 0 saturated carbocycles. The van der Waals surface area contributed by atoms with Crippen LogP contribution in [0, 0.1) is 0 Å². The summed E-state index contributed by atoms with van der Waals surface area (Å²) >= 11 is 0. The molecule has 0 fully saturated rings. The van der Waals surface area contributed by atoms with Gasteiger partial charge < -0.3 is 20.5 Å². The Labute approximate surface area is 171 Å². The zero-order valence-electron chi connectivity index (χ0n) is 16.5. The average molecular weight is 390 g/mol. The van der Waals surface area contributed by atoms with E-state index in [1.165, 1.54) is 0 Å². The number of nitrogens with two attached hydrogens (primary N) is 1. The molecule has 0 aliphatic carbocycles. The molecule has 5 heteroatoms. The van der Waals surface area contributed by atoms with E-state index in [1.54, 1.807) is 7.11 Å². The van der Waals surface area contributed by atoms with Crippen molar-refractivity contribution in [1.29, 1.82) is 0 Å². The molecule has 3 N–H and O–H groups in total. The van der Waals surface area contributed by atoms with E-state index in [0.717, 1.165) is 28.2 Å². The first kappa shape index (κ1) is 20.4. The summed E-state index contributed by atoms with van der Waals surface area (Å²) in [4.78, 5) is 11.8. The lowest BCUT2D eigenvalue weighted by Gasteiger charge is -2.16. The highest BCUT2D eigenvalue weighted by Crippen LogP contribution is 2.17. The van der Waals surface area contributed by atoms with Crippen LogP contribution in [0.4, 0.5) is 0 Å². The van der Waals surface area contributed by atoms with Gasteiger partial charge in [-0.2, -0.15) is 0 Å². The zero-order valence-corrected chi connectivity index (χ0v) is 16.5. The van der Waals surface area contributed by atoms with E-state index >= 15 is 0 Å². The number of hydrogen-bond acceptors (Lipinski definition) is 4. The van der Waals surface area contributed by atoms with Gasteiger partial charge in [-0.1, -0.05) is 54.6 Å². The number of benzene rings is 3. The van der Waals surface area contributed by atoms with Gasteiger partial charge in [-0.3, -0.25) is 4.79 Å². The smallest absolute Gasteiger partial charge is 0.234 e. The Morgan fingerprint density at radius 1 is 0.897 bits per heavy atom. The van der Waals surface area contributed by atoms with Gasteiger partial charge in [0.1, 0.15) is 18.1 Å². The lowest BCUT2D eigenvalue weighted by Crippen LogP contribution is -2.42. The first-order valence-electron chi connectivity index (χ1n) is 9.55. The minimum atomic E-state index is -0.415. The minimum Gasteiger partial charge on any atom is -0.497 e. The third-order valence-corrected chi connectivity index (χ3v) is 4.64. The van der Waals surface area contributed by atoms with Crippen LogP contribution in [-0.4, -0.2) is 19.1 Å². The Morgan fingerprint density at radius 3 is 2.31 bits per heavy atom. The van der Waals surface area contributed by atoms with Gasteiger partial charge in [0, 0.05) is 6.54 Å². The second-order valence-electron chi connectivity index (χ2n) is 6.81. The molecule has 5 nitrogen and oxygen atoms in total.